The van der Waals surface area contributed by atoms with Crippen molar-refractivity contribution in [2.75, 3.05) is 6.54 Å². The van der Waals surface area contributed by atoms with E-state index < -0.39 is 0 Å². The van der Waals surface area contributed by atoms with Crippen molar-refractivity contribution in [3.63, 3.8) is 0 Å². The molecule has 0 aromatic heterocycles. The van der Waals surface area contributed by atoms with Crippen LogP contribution in [0.4, 0.5) is 0 Å². The molecule has 1 atom stereocenters. The van der Waals surface area contributed by atoms with Crippen LogP contribution in [0.3, 0.4) is 0 Å². The standard InChI is InChI=1S/C20H44N2/c1-2-3-4-5-6-7-8-9-10-11-12-13-14-15-16-17-18-20(22)19-21/h20H,2-19,21-22H2,1H3. The summed E-state index contributed by atoms with van der Waals surface area (Å²) >= 11 is 0. The van der Waals surface area contributed by atoms with Crippen LogP contribution in [-0.4, -0.2) is 12.6 Å². The van der Waals surface area contributed by atoms with Gasteiger partial charge in [0.2, 0.25) is 0 Å². The summed E-state index contributed by atoms with van der Waals surface area (Å²) in [4.78, 5) is 0. The Bertz CT molecular complexity index is 194. The summed E-state index contributed by atoms with van der Waals surface area (Å²) in [6.45, 7) is 2.93. The molecule has 0 spiro atoms. The Morgan fingerprint density at radius 3 is 1.18 bits per heavy atom. The Morgan fingerprint density at radius 2 is 0.864 bits per heavy atom. The second-order valence-corrected chi connectivity index (χ2v) is 7.09. The monoisotopic (exact) mass is 312 g/mol. The molecule has 0 aromatic carbocycles. The summed E-state index contributed by atoms with van der Waals surface area (Å²) in [6, 6.07) is 0.228. The highest BCUT2D eigenvalue weighted by Crippen LogP contribution is 2.14. The lowest BCUT2D eigenvalue weighted by atomic mass is 10.0. The van der Waals surface area contributed by atoms with E-state index in [0.29, 0.717) is 6.54 Å². The minimum Gasteiger partial charge on any atom is -0.329 e. The largest absolute Gasteiger partial charge is 0.329 e. The maximum atomic E-state index is 5.81. The van der Waals surface area contributed by atoms with E-state index in [9.17, 15) is 0 Å². The Morgan fingerprint density at radius 1 is 0.545 bits per heavy atom. The number of unbranched alkanes of at least 4 members (excludes halogenated alkanes) is 15. The third-order valence-electron chi connectivity index (χ3n) is 4.73. The maximum Gasteiger partial charge on any atom is 0.0163 e. The summed E-state index contributed by atoms with van der Waals surface area (Å²) in [5, 5.41) is 0. The minimum absolute atomic E-state index is 0.228. The highest BCUT2D eigenvalue weighted by Gasteiger charge is 1.98. The first-order valence-corrected chi connectivity index (χ1v) is 10.3. The normalized spacial score (nSPS) is 12.7. The van der Waals surface area contributed by atoms with E-state index in [0.717, 1.165) is 6.42 Å². The molecule has 0 aromatic rings. The molecule has 2 heteroatoms. The van der Waals surface area contributed by atoms with Crippen molar-refractivity contribution in [2.45, 2.75) is 122 Å². The van der Waals surface area contributed by atoms with Gasteiger partial charge in [0.25, 0.3) is 0 Å². The molecule has 0 radical (unpaired) electrons. The molecular weight excluding hydrogens is 268 g/mol. The van der Waals surface area contributed by atoms with Gasteiger partial charge in [0.1, 0.15) is 0 Å². The van der Waals surface area contributed by atoms with Crippen molar-refractivity contribution < 1.29 is 0 Å². The average Bonchev–Trinajstić information content (AvgIpc) is 2.54. The summed E-state index contributed by atoms with van der Waals surface area (Å²) in [5.41, 5.74) is 11.3. The van der Waals surface area contributed by atoms with Gasteiger partial charge in [-0.15, -0.1) is 0 Å². The predicted octanol–water partition coefficient (Wildman–Crippen LogP) is 5.92. The molecule has 134 valence electrons. The van der Waals surface area contributed by atoms with E-state index in [4.69, 9.17) is 11.5 Å². The molecule has 0 heterocycles. The van der Waals surface area contributed by atoms with Crippen LogP contribution in [0.15, 0.2) is 0 Å². The van der Waals surface area contributed by atoms with E-state index in [2.05, 4.69) is 6.92 Å². The van der Waals surface area contributed by atoms with Crippen molar-refractivity contribution in [1.29, 1.82) is 0 Å². The molecular formula is C20H44N2. The average molecular weight is 313 g/mol. The van der Waals surface area contributed by atoms with Gasteiger partial charge in [-0.25, -0.2) is 0 Å². The van der Waals surface area contributed by atoms with Crippen molar-refractivity contribution >= 4 is 0 Å². The van der Waals surface area contributed by atoms with Crippen LogP contribution in [0.1, 0.15) is 116 Å². The second-order valence-electron chi connectivity index (χ2n) is 7.09. The zero-order chi connectivity index (χ0) is 16.3. The van der Waals surface area contributed by atoms with Gasteiger partial charge in [0, 0.05) is 12.6 Å². The highest BCUT2D eigenvalue weighted by molar-refractivity contribution is 4.61. The zero-order valence-electron chi connectivity index (χ0n) is 15.5. The summed E-state index contributed by atoms with van der Waals surface area (Å²) in [7, 11) is 0. The minimum atomic E-state index is 0.228. The summed E-state index contributed by atoms with van der Waals surface area (Å²) in [6.07, 6.45) is 23.9. The molecule has 0 fully saturated rings. The molecule has 0 aliphatic heterocycles. The molecule has 0 bridgehead atoms. The van der Waals surface area contributed by atoms with Gasteiger partial charge in [-0.3, -0.25) is 0 Å². The first-order valence-electron chi connectivity index (χ1n) is 10.3. The van der Waals surface area contributed by atoms with Crippen molar-refractivity contribution in [1.82, 2.24) is 0 Å². The highest BCUT2D eigenvalue weighted by atomic mass is 14.7. The quantitative estimate of drug-likeness (QED) is 0.308. The lowest BCUT2D eigenvalue weighted by molar-refractivity contribution is 0.515. The fourth-order valence-corrected chi connectivity index (χ4v) is 3.07. The Hall–Kier alpha value is -0.0800. The van der Waals surface area contributed by atoms with E-state index in [-0.39, 0.29) is 6.04 Å². The van der Waals surface area contributed by atoms with Gasteiger partial charge in [-0.05, 0) is 6.42 Å². The molecule has 22 heavy (non-hydrogen) atoms. The van der Waals surface area contributed by atoms with E-state index in [1.165, 1.54) is 103 Å². The van der Waals surface area contributed by atoms with E-state index >= 15 is 0 Å². The fourth-order valence-electron chi connectivity index (χ4n) is 3.07. The molecule has 0 aliphatic carbocycles. The SMILES string of the molecule is CCCCCCCCCCCCCCCCCCC(N)CN. The van der Waals surface area contributed by atoms with E-state index in [1.807, 2.05) is 0 Å². The number of rotatable bonds is 18. The summed E-state index contributed by atoms with van der Waals surface area (Å²) in [5.74, 6) is 0. The Balaban J connectivity index is 2.97. The molecule has 0 amide bonds. The van der Waals surface area contributed by atoms with Gasteiger partial charge >= 0.3 is 0 Å². The first-order chi connectivity index (χ1) is 10.8. The maximum absolute atomic E-state index is 5.81. The molecule has 0 aliphatic rings. The third-order valence-corrected chi connectivity index (χ3v) is 4.73. The third kappa shape index (κ3) is 18.0. The van der Waals surface area contributed by atoms with Crippen LogP contribution in [0.5, 0.6) is 0 Å². The van der Waals surface area contributed by atoms with Crippen LogP contribution in [0.25, 0.3) is 0 Å². The van der Waals surface area contributed by atoms with Crippen molar-refractivity contribution in [3.05, 3.63) is 0 Å². The molecule has 2 nitrogen and oxygen atoms in total. The Kier molecular flexibility index (Phi) is 18.9. The number of hydrogen-bond acceptors (Lipinski definition) is 2. The molecule has 4 N–H and O–H groups in total. The molecule has 0 rings (SSSR count). The lowest BCUT2D eigenvalue weighted by Crippen LogP contribution is -2.29. The second kappa shape index (κ2) is 19.0. The van der Waals surface area contributed by atoms with Crippen LogP contribution in [0, 0.1) is 0 Å². The van der Waals surface area contributed by atoms with Crippen LogP contribution >= 0.6 is 0 Å². The van der Waals surface area contributed by atoms with Gasteiger partial charge in [0.05, 0.1) is 0 Å². The first kappa shape index (κ1) is 21.9. The van der Waals surface area contributed by atoms with Crippen LogP contribution < -0.4 is 11.5 Å². The number of hydrogen-bond donors (Lipinski definition) is 2. The van der Waals surface area contributed by atoms with Gasteiger partial charge in [-0.1, -0.05) is 110 Å². The van der Waals surface area contributed by atoms with Gasteiger partial charge in [0.15, 0.2) is 0 Å². The summed E-state index contributed by atoms with van der Waals surface area (Å²) < 4.78 is 0. The molecule has 0 saturated carbocycles. The van der Waals surface area contributed by atoms with Gasteiger partial charge in [-0.2, -0.15) is 0 Å². The van der Waals surface area contributed by atoms with Crippen LogP contribution in [0.2, 0.25) is 0 Å². The Labute approximate surface area is 140 Å². The topological polar surface area (TPSA) is 52.0 Å². The van der Waals surface area contributed by atoms with Crippen molar-refractivity contribution in [3.8, 4) is 0 Å². The fraction of sp³-hybridized carbons (Fsp3) is 1.00. The van der Waals surface area contributed by atoms with Crippen LogP contribution in [-0.2, 0) is 0 Å². The molecule has 1 unspecified atom stereocenters. The zero-order valence-corrected chi connectivity index (χ0v) is 15.5. The molecule has 0 saturated heterocycles. The van der Waals surface area contributed by atoms with Crippen molar-refractivity contribution in [2.24, 2.45) is 11.5 Å². The predicted molar refractivity (Wildman–Crippen MR) is 101 cm³/mol. The van der Waals surface area contributed by atoms with E-state index in [1.54, 1.807) is 0 Å². The lowest BCUT2D eigenvalue weighted by Gasteiger charge is -2.07. The smallest absolute Gasteiger partial charge is 0.0163 e. The van der Waals surface area contributed by atoms with Gasteiger partial charge < -0.3 is 11.5 Å². The number of nitrogens with two attached hydrogens (primary N) is 2.